The van der Waals surface area contributed by atoms with Crippen LogP contribution in [0.5, 0.6) is 0 Å². The van der Waals surface area contributed by atoms with Gasteiger partial charge in [-0.15, -0.1) is 0 Å². The highest BCUT2D eigenvalue weighted by Gasteiger charge is 2.18. The van der Waals surface area contributed by atoms with Gasteiger partial charge in [-0.05, 0) is 49.2 Å². The third-order valence-corrected chi connectivity index (χ3v) is 4.88. The summed E-state index contributed by atoms with van der Waals surface area (Å²) in [5.74, 6) is 0.332. The Balaban J connectivity index is 1.40. The summed E-state index contributed by atoms with van der Waals surface area (Å²) < 4.78 is 5.29. The van der Waals surface area contributed by atoms with Gasteiger partial charge in [0.1, 0.15) is 5.69 Å². The topological polar surface area (TPSA) is 91.2 Å². The Bertz CT molecular complexity index is 936. The van der Waals surface area contributed by atoms with Gasteiger partial charge in [-0.3, -0.25) is 14.7 Å². The Morgan fingerprint density at radius 1 is 1.04 bits per heavy atom. The summed E-state index contributed by atoms with van der Waals surface area (Å²) in [6.07, 6.45) is 6.05. The number of rotatable bonds is 4. The monoisotopic (exact) mass is 378 g/mol. The summed E-state index contributed by atoms with van der Waals surface area (Å²) in [6, 6.07) is 12.2. The van der Waals surface area contributed by atoms with Gasteiger partial charge in [0.2, 0.25) is 0 Å². The Hall–Kier alpha value is -3.35. The highest BCUT2D eigenvalue weighted by molar-refractivity contribution is 6.03. The zero-order chi connectivity index (χ0) is 19.3. The third kappa shape index (κ3) is 3.98. The van der Waals surface area contributed by atoms with Crippen LogP contribution in [0, 0.1) is 0 Å². The number of hydrogen-bond donors (Lipinski definition) is 2. The van der Waals surface area contributed by atoms with Crippen LogP contribution < -0.4 is 5.32 Å². The van der Waals surface area contributed by atoms with Crippen LogP contribution in [0.15, 0.2) is 53.1 Å². The molecule has 0 aliphatic carbocycles. The molecule has 2 N–H and O–H groups in total. The molecule has 1 saturated heterocycles. The molecule has 0 spiro atoms. The molecule has 1 aliphatic rings. The third-order valence-electron chi connectivity index (χ3n) is 4.88. The largest absolute Gasteiger partial charge is 0.463 e. The van der Waals surface area contributed by atoms with Gasteiger partial charge in [0.05, 0.1) is 6.26 Å². The van der Waals surface area contributed by atoms with Gasteiger partial charge in [-0.25, -0.2) is 0 Å². The summed E-state index contributed by atoms with van der Waals surface area (Å²) >= 11 is 0. The second-order valence-corrected chi connectivity index (χ2v) is 6.88. The van der Waals surface area contributed by atoms with Crippen LogP contribution in [-0.4, -0.2) is 40.0 Å². The van der Waals surface area contributed by atoms with Crippen LogP contribution in [0.4, 0.5) is 5.69 Å². The molecule has 1 aromatic carbocycles. The van der Waals surface area contributed by atoms with Crippen LogP contribution in [-0.2, 0) is 0 Å². The second kappa shape index (κ2) is 8.12. The van der Waals surface area contributed by atoms with Crippen LogP contribution >= 0.6 is 0 Å². The first-order chi connectivity index (χ1) is 13.7. The average molecular weight is 378 g/mol. The Kier molecular flexibility index (Phi) is 5.23. The van der Waals surface area contributed by atoms with E-state index in [2.05, 4.69) is 15.5 Å². The fourth-order valence-electron chi connectivity index (χ4n) is 3.34. The van der Waals surface area contributed by atoms with Gasteiger partial charge in [-0.2, -0.15) is 5.10 Å². The molecule has 0 atom stereocenters. The van der Waals surface area contributed by atoms with Crippen LogP contribution in [0.3, 0.4) is 0 Å². The quantitative estimate of drug-likeness (QED) is 0.719. The van der Waals surface area contributed by atoms with Crippen molar-refractivity contribution in [3.63, 3.8) is 0 Å². The Labute approximate surface area is 162 Å². The van der Waals surface area contributed by atoms with Gasteiger partial charge in [-0.1, -0.05) is 12.8 Å². The van der Waals surface area contributed by atoms with E-state index in [1.54, 1.807) is 48.7 Å². The van der Waals surface area contributed by atoms with Gasteiger partial charge in [0, 0.05) is 30.4 Å². The molecule has 1 fully saturated rings. The fraction of sp³-hybridized carbons (Fsp3) is 0.286. The van der Waals surface area contributed by atoms with Crippen molar-refractivity contribution >= 4 is 17.5 Å². The highest BCUT2D eigenvalue weighted by Crippen LogP contribution is 2.19. The molecule has 0 radical (unpaired) electrons. The molecule has 2 aromatic heterocycles. The molecule has 2 amide bonds. The van der Waals surface area contributed by atoms with E-state index in [9.17, 15) is 9.59 Å². The fourth-order valence-corrected chi connectivity index (χ4v) is 3.34. The van der Waals surface area contributed by atoms with E-state index in [4.69, 9.17) is 4.42 Å². The average Bonchev–Trinajstić information content (AvgIpc) is 3.35. The maximum absolute atomic E-state index is 12.6. The molecule has 7 nitrogen and oxygen atoms in total. The van der Waals surface area contributed by atoms with Crippen LogP contribution in [0.1, 0.15) is 46.5 Å². The standard InChI is InChI=1S/C21H22N4O3/c26-20(18-14-17(23-24-18)19-6-5-13-28-19)22-16-9-7-15(8-10-16)21(27)25-11-3-1-2-4-12-25/h5-10,13-14H,1-4,11-12H2,(H,22,26)(H,23,24). The van der Waals surface area contributed by atoms with Gasteiger partial charge >= 0.3 is 0 Å². The molecule has 144 valence electrons. The lowest BCUT2D eigenvalue weighted by Gasteiger charge is -2.20. The van der Waals surface area contributed by atoms with Crippen molar-refractivity contribution in [1.29, 1.82) is 0 Å². The van der Waals surface area contributed by atoms with Crippen molar-refractivity contribution < 1.29 is 14.0 Å². The molecule has 1 aliphatic heterocycles. The second-order valence-electron chi connectivity index (χ2n) is 6.88. The molecular formula is C21H22N4O3. The highest BCUT2D eigenvalue weighted by atomic mass is 16.3. The number of carbonyl (C=O) groups excluding carboxylic acids is 2. The summed E-state index contributed by atoms with van der Waals surface area (Å²) in [5, 5.41) is 9.61. The number of nitrogens with zero attached hydrogens (tertiary/aromatic N) is 2. The van der Waals surface area contributed by atoms with Crippen LogP contribution in [0.25, 0.3) is 11.5 Å². The first kappa shape index (κ1) is 18.0. The van der Waals surface area contributed by atoms with E-state index in [0.29, 0.717) is 22.7 Å². The number of amides is 2. The van der Waals surface area contributed by atoms with Crippen molar-refractivity contribution in [1.82, 2.24) is 15.1 Å². The number of carbonyl (C=O) groups is 2. The number of H-pyrrole nitrogens is 1. The Morgan fingerprint density at radius 3 is 2.46 bits per heavy atom. The summed E-state index contributed by atoms with van der Waals surface area (Å²) in [6.45, 7) is 1.63. The zero-order valence-corrected chi connectivity index (χ0v) is 15.5. The molecule has 28 heavy (non-hydrogen) atoms. The van der Waals surface area contributed by atoms with E-state index in [-0.39, 0.29) is 17.5 Å². The number of aromatic nitrogens is 2. The number of anilines is 1. The van der Waals surface area contributed by atoms with Gasteiger partial charge < -0.3 is 14.6 Å². The lowest BCUT2D eigenvalue weighted by atomic mass is 10.1. The van der Waals surface area contributed by atoms with Crippen molar-refractivity contribution in [2.45, 2.75) is 25.7 Å². The van der Waals surface area contributed by atoms with Crippen molar-refractivity contribution in [3.8, 4) is 11.5 Å². The number of furan rings is 1. The van der Waals surface area contributed by atoms with Crippen molar-refractivity contribution in [3.05, 3.63) is 60.0 Å². The van der Waals surface area contributed by atoms with Gasteiger partial charge in [0.25, 0.3) is 11.8 Å². The predicted molar refractivity (Wildman–Crippen MR) is 105 cm³/mol. The number of hydrogen-bond acceptors (Lipinski definition) is 4. The molecule has 0 bridgehead atoms. The van der Waals surface area contributed by atoms with E-state index in [1.165, 1.54) is 12.8 Å². The van der Waals surface area contributed by atoms with E-state index in [0.717, 1.165) is 25.9 Å². The van der Waals surface area contributed by atoms with E-state index in [1.807, 2.05) is 4.90 Å². The minimum absolute atomic E-state index is 0.0511. The molecular weight excluding hydrogens is 356 g/mol. The molecule has 7 heteroatoms. The van der Waals surface area contributed by atoms with E-state index < -0.39 is 0 Å². The number of aromatic amines is 1. The smallest absolute Gasteiger partial charge is 0.276 e. The number of likely N-dealkylation sites (tertiary alicyclic amines) is 1. The SMILES string of the molecule is O=C(Nc1ccc(C(=O)N2CCCCCC2)cc1)c1cc(-c2ccco2)[nH]n1. The molecule has 3 aromatic rings. The van der Waals surface area contributed by atoms with Crippen LogP contribution in [0.2, 0.25) is 0 Å². The first-order valence-electron chi connectivity index (χ1n) is 9.51. The number of benzene rings is 1. The summed E-state index contributed by atoms with van der Waals surface area (Å²) in [4.78, 5) is 27.0. The summed E-state index contributed by atoms with van der Waals surface area (Å²) in [5.41, 5.74) is 2.14. The lowest BCUT2D eigenvalue weighted by Crippen LogP contribution is -2.31. The number of nitrogens with one attached hydrogen (secondary N) is 2. The zero-order valence-electron chi connectivity index (χ0n) is 15.5. The minimum Gasteiger partial charge on any atom is -0.463 e. The maximum atomic E-state index is 12.6. The Morgan fingerprint density at radius 2 is 1.79 bits per heavy atom. The normalized spacial score (nSPS) is 14.5. The maximum Gasteiger partial charge on any atom is 0.276 e. The molecule has 3 heterocycles. The van der Waals surface area contributed by atoms with Crippen molar-refractivity contribution in [2.75, 3.05) is 18.4 Å². The van der Waals surface area contributed by atoms with Crippen molar-refractivity contribution in [2.24, 2.45) is 0 Å². The minimum atomic E-state index is -0.333. The first-order valence-corrected chi connectivity index (χ1v) is 9.51. The molecule has 0 saturated carbocycles. The molecule has 0 unspecified atom stereocenters. The summed E-state index contributed by atoms with van der Waals surface area (Å²) in [7, 11) is 0. The van der Waals surface area contributed by atoms with Gasteiger partial charge in [0.15, 0.2) is 11.5 Å². The lowest BCUT2D eigenvalue weighted by molar-refractivity contribution is 0.0761. The molecule has 4 rings (SSSR count). The predicted octanol–water partition coefficient (Wildman–Crippen LogP) is 3.94. The van der Waals surface area contributed by atoms with E-state index >= 15 is 0 Å².